The first-order valence-electron chi connectivity index (χ1n) is 10.6. The molecule has 3 heterocycles. The summed E-state index contributed by atoms with van der Waals surface area (Å²) in [5, 5.41) is 4.27. The van der Waals surface area contributed by atoms with E-state index in [9.17, 15) is 9.18 Å². The van der Waals surface area contributed by atoms with Gasteiger partial charge in [0.2, 0.25) is 18.4 Å². The lowest BCUT2D eigenvalue weighted by molar-refractivity contribution is 0.0779. The first-order chi connectivity index (χ1) is 14.9. The number of hydrogen-bond acceptors (Lipinski definition) is 6. The van der Waals surface area contributed by atoms with Crippen LogP contribution in [0.4, 0.5) is 10.2 Å². The van der Waals surface area contributed by atoms with Gasteiger partial charge < -0.3 is 19.4 Å². The summed E-state index contributed by atoms with van der Waals surface area (Å²) in [6.45, 7) is 4.37. The van der Waals surface area contributed by atoms with Crippen molar-refractivity contribution in [2.75, 3.05) is 25.3 Å². The van der Waals surface area contributed by atoms with Gasteiger partial charge >= 0.3 is 0 Å². The molecule has 2 fully saturated rings. The summed E-state index contributed by atoms with van der Waals surface area (Å²) >= 11 is 0. The van der Waals surface area contributed by atoms with Crippen LogP contribution in [0.3, 0.4) is 0 Å². The molecule has 1 saturated carbocycles. The third kappa shape index (κ3) is 3.94. The van der Waals surface area contributed by atoms with E-state index in [0.29, 0.717) is 30.4 Å². The van der Waals surface area contributed by atoms with E-state index in [1.54, 1.807) is 17.0 Å². The smallest absolute Gasteiger partial charge is 0.291 e. The SMILES string of the molecule is Cc1cc2c(NC3(C)CC3)nc(C(=O)N3CCC(c4ccc(OCF)cc4)C3)nc2o1. The standard InChI is InChI=1S/C23H25FN4O3/c1-14-11-18-19(27-23(2)8-9-23)25-20(26-21(18)31-14)22(29)28-10-7-16(12-28)15-3-5-17(6-4-15)30-13-24/h3-6,11,16H,7-10,12-13H2,1-2H3,(H,25,26,27). The number of nitrogens with zero attached hydrogens (tertiary/aromatic N) is 3. The number of rotatable bonds is 6. The minimum atomic E-state index is -0.847. The van der Waals surface area contributed by atoms with Crippen LogP contribution in [0.5, 0.6) is 5.75 Å². The lowest BCUT2D eigenvalue weighted by Crippen LogP contribution is -2.30. The van der Waals surface area contributed by atoms with E-state index in [2.05, 4.69) is 22.2 Å². The number of likely N-dealkylation sites (tertiary alicyclic amines) is 1. The molecule has 162 valence electrons. The number of carbonyl (C=O) groups is 1. The van der Waals surface area contributed by atoms with Gasteiger partial charge in [-0.3, -0.25) is 4.79 Å². The molecule has 1 N–H and O–H groups in total. The second kappa shape index (κ2) is 7.51. The third-order valence-electron chi connectivity index (χ3n) is 6.18. The average molecular weight is 424 g/mol. The van der Waals surface area contributed by atoms with E-state index in [0.717, 1.165) is 36.0 Å². The predicted octanol–water partition coefficient (Wildman–Crippen LogP) is 4.43. The molecular formula is C23H25FN4O3. The second-order valence-electron chi connectivity index (χ2n) is 8.72. The van der Waals surface area contributed by atoms with Crippen molar-refractivity contribution < 1.29 is 18.3 Å². The van der Waals surface area contributed by atoms with Crippen LogP contribution in [0.15, 0.2) is 34.7 Å². The molecule has 31 heavy (non-hydrogen) atoms. The van der Waals surface area contributed by atoms with E-state index in [4.69, 9.17) is 9.15 Å². The summed E-state index contributed by atoms with van der Waals surface area (Å²) in [4.78, 5) is 24.0. The Morgan fingerprint density at radius 1 is 1.32 bits per heavy atom. The number of hydrogen-bond donors (Lipinski definition) is 1. The number of carbonyl (C=O) groups excluding carboxylic acids is 1. The van der Waals surface area contributed by atoms with Crippen LogP contribution in [0.25, 0.3) is 11.1 Å². The molecule has 2 aliphatic rings. The molecule has 5 rings (SSSR count). The molecule has 8 heteroatoms. The van der Waals surface area contributed by atoms with E-state index < -0.39 is 6.86 Å². The summed E-state index contributed by atoms with van der Waals surface area (Å²) in [7, 11) is 0. The molecule has 0 spiro atoms. The summed E-state index contributed by atoms with van der Waals surface area (Å²) in [5.74, 6) is 2.06. The second-order valence-corrected chi connectivity index (χ2v) is 8.72. The van der Waals surface area contributed by atoms with E-state index in [-0.39, 0.29) is 23.2 Å². The fraction of sp³-hybridized carbons (Fsp3) is 0.435. The number of anilines is 1. The Balaban J connectivity index is 1.36. The number of benzene rings is 1. The molecule has 1 atom stereocenters. The van der Waals surface area contributed by atoms with Crippen LogP contribution in [0, 0.1) is 6.92 Å². The summed E-state index contributed by atoms with van der Waals surface area (Å²) < 4.78 is 22.9. The van der Waals surface area contributed by atoms with Gasteiger partial charge in [-0.2, -0.15) is 4.98 Å². The third-order valence-corrected chi connectivity index (χ3v) is 6.18. The number of furan rings is 1. The minimum absolute atomic E-state index is 0.0174. The Kier molecular flexibility index (Phi) is 4.79. The highest BCUT2D eigenvalue weighted by Crippen LogP contribution is 2.39. The summed E-state index contributed by atoms with van der Waals surface area (Å²) in [6.07, 6.45) is 2.99. The highest BCUT2D eigenvalue weighted by atomic mass is 19.1. The first-order valence-corrected chi connectivity index (χ1v) is 10.6. The Hall–Kier alpha value is -3.16. The van der Waals surface area contributed by atoms with E-state index in [1.807, 2.05) is 25.1 Å². The fourth-order valence-electron chi connectivity index (χ4n) is 4.09. The maximum absolute atomic E-state index is 13.2. The Bertz CT molecular complexity index is 1120. The van der Waals surface area contributed by atoms with Gasteiger partial charge in [-0.05, 0) is 56.9 Å². The fourth-order valence-corrected chi connectivity index (χ4v) is 4.09. The molecule has 2 aromatic heterocycles. The monoisotopic (exact) mass is 424 g/mol. The number of fused-ring (bicyclic) bond motifs is 1. The molecule has 0 bridgehead atoms. The molecule has 1 aliphatic heterocycles. The lowest BCUT2D eigenvalue weighted by Gasteiger charge is -2.17. The Labute approximate surface area is 179 Å². The van der Waals surface area contributed by atoms with Crippen LogP contribution >= 0.6 is 0 Å². The number of halogens is 1. The number of aromatic nitrogens is 2. The highest BCUT2D eigenvalue weighted by Gasteiger charge is 2.38. The zero-order valence-corrected chi connectivity index (χ0v) is 17.7. The number of alkyl halides is 1. The molecule has 1 unspecified atom stereocenters. The van der Waals surface area contributed by atoms with Crippen molar-refractivity contribution in [2.45, 2.75) is 44.6 Å². The number of aryl methyl sites for hydroxylation is 1. The van der Waals surface area contributed by atoms with Crippen molar-refractivity contribution >= 4 is 22.8 Å². The van der Waals surface area contributed by atoms with Crippen LogP contribution < -0.4 is 10.1 Å². The Morgan fingerprint density at radius 3 is 2.81 bits per heavy atom. The predicted molar refractivity (Wildman–Crippen MR) is 114 cm³/mol. The van der Waals surface area contributed by atoms with Gasteiger partial charge in [0.05, 0.1) is 5.39 Å². The lowest BCUT2D eigenvalue weighted by atomic mass is 9.98. The van der Waals surface area contributed by atoms with Crippen molar-refractivity contribution in [3.05, 3.63) is 47.5 Å². The van der Waals surface area contributed by atoms with Gasteiger partial charge in [-0.1, -0.05) is 12.1 Å². The number of amides is 1. The Morgan fingerprint density at radius 2 is 2.10 bits per heavy atom. The molecule has 1 aliphatic carbocycles. The van der Waals surface area contributed by atoms with Crippen molar-refractivity contribution in [1.29, 1.82) is 0 Å². The molecule has 3 aromatic rings. The van der Waals surface area contributed by atoms with Crippen LogP contribution in [-0.2, 0) is 0 Å². The van der Waals surface area contributed by atoms with Gasteiger partial charge in [-0.25, -0.2) is 9.37 Å². The number of ether oxygens (including phenoxy) is 1. The maximum Gasteiger partial charge on any atom is 0.291 e. The van der Waals surface area contributed by atoms with Gasteiger partial charge in [0.25, 0.3) is 5.91 Å². The van der Waals surface area contributed by atoms with E-state index in [1.165, 1.54) is 0 Å². The van der Waals surface area contributed by atoms with Crippen LogP contribution in [0.2, 0.25) is 0 Å². The van der Waals surface area contributed by atoms with Crippen LogP contribution in [-0.4, -0.2) is 46.3 Å². The van der Waals surface area contributed by atoms with Gasteiger partial charge in [-0.15, -0.1) is 0 Å². The molecule has 1 amide bonds. The molecule has 1 saturated heterocycles. The van der Waals surface area contributed by atoms with Gasteiger partial charge in [0, 0.05) is 24.5 Å². The van der Waals surface area contributed by atoms with Crippen LogP contribution in [0.1, 0.15) is 54.0 Å². The van der Waals surface area contributed by atoms with Crippen molar-refractivity contribution in [2.24, 2.45) is 0 Å². The molecule has 0 radical (unpaired) electrons. The minimum Gasteiger partial charge on any atom is -0.463 e. The molecule has 7 nitrogen and oxygen atoms in total. The normalized spacial score (nSPS) is 19.6. The van der Waals surface area contributed by atoms with Crippen molar-refractivity contribution in [1.82, 2.24) is 14.9 Å². The average Bonchev–Trinajstić information content (AvgIpc) is 3.15. The quantitative estimate of drug-likeness (QED) is 0.631. The zero-order chi connectivity index (χ0) is 21.6. The zero-order valence-electron chi connectivity index (χ0n) is 17.7. The largest absolute Gasteiger partial charge is 0.463 e. The first kappa shape index (κ1) is 19.8. The van der Waals surface area contributed by atoms with E-state index >= 15 is 0 Å². The summed E-state index contributed by atoms with van der Waals surface area (Å²) in [5.41, 5.74) is 1.55. The molecular weight excluding hydrogens is 399 g/mol. The van der Waals surface area contributed by atoms with Crippen molar-refractivity contribution in [3.8, 4) is 5.75 Å². The number of nitrogens with one attached hydrogen (secondary N) is 1. The van der Waals surface area contributed by atoms with Gasteiger partial charge in [0.1, 0.15) is 17.3 Å². The topological polar surface area (TPSA) is 80.5 Å². The summed E-state index contributed by atoms with van der Waals surface area (Å²) in [6, 6.07) is 9.27. The van der Waals surface area contributed by atoms with Crippen molar-refractivity contribution in [3.63, 3.8) is 0 Å². The highest BCUT2D eigenvalue weighted by molar-refractivity contribution is 5.95. The van der Waals surface area contributed by atoms with Gasteiger partial charge in [0.15, 0.2) is 0 Å². The maximum atomic E-state index is 13.2. The molecule has 1 aromatic carbocycles.